The number of rotatable bonds is 4. The topological polar surface area (TPSA) is 65.5 Å². The van der Waals surface area contributed by atoms with Crippen molar-refractivity contribution in [1.29, 1.82) is 0 Å². The van der Waals surface area contributed by atoms with Crippen LogP contribution in [-0.2, 0) is 25.4 Å². The molecule has 0 aliphatic carbocycles. The van der Waals surface area contributed by atoms with Gasteiger partial charge in [0.1, 0.15) is 0 Å². The van der Waals surface area contributed by atoms with Crippen LogP contribution >= 0.6 is 0 Å². The lowest BCUT2D eigenvalue weighted by Crippen LogP contribution is -2.07. The summed E-state index contributed by atoms with van der Waals surface area (Å²) in [5.41, 5.74) is 0.670. The molecule has 1 heterocycles. The highest BCUT2D eigenvalue weighted by molar-refractivity contribution is 7.81. The van der Waals surface area contributed by atoms with Gasteiger partial charge in [0.05, 0.1) is 13.7 Å². The van der Waals surface area contributed by atoms with E-state index in [1.807, 2.05) is 0 Å². The molecule has 0 unspecified atom stereocenters. The van der Waals surface area contributed by atoms with Crippen LogP contribution < -0.4 is 0 Å². The third-order valence-electron chi connectivity index (χ3n) is 1.30. The Labute approximate surface area is 76.7 Å². The number of nitrogens with zero attached hydrogens (tertiary/aromatic N) is 1. The van der Waals surface area contributed by atoms with E-state index in [0.29, 0.717) is 5.56 Å². The monoisotopic (exact) mass is 203 g/mol. The van der Waals surface area contributed by atoms with Gasteiger partial charge in [-0.1, -0.05) is 6.07 Å². The number of aromatic nitrogens is 1. The normalized spacial score (nSPS) is 11.5. The van der Waals surface area contributed by atoms with Crippen LogP contribution in [0.25, 0.3) is 0 Å². The Morgan fingerprint density at radius 1 is 1.54 bits per heavy atom. The number of pyridine rings is 1. The lowest BCUT2D eigenvalue weighted by Gasteiger charge is -2.01. The van der Waals surface area contributed by atoms with Crippen molar-refractivity contribution in [2.45, 2.75) is 6.61 Å². The van der Waals surface area contributed by atoms with Crippen molar-refractivity contribution in [1.82, 2.24) is 4.98 Å². The van der Waals surface area contributed by atoms with Crippen LogP contribution in [0.1, 0.15) is 5.56 Å². The van der Waals surface area contributed by atoms with Gasteiger partial charge in [-0.15, -0.1) is 0 Å². The molecule has 5 nitrogen and oxygen atoms in total. The van der Waals surface area contributed by atoms with Crippen LogP contribution in [0.5, 0.6) is 0 Å². The summed E-state index contributed by atoms with van der Waals surface area (Å²) in [7, 11) is -2.81. The summed E-state index contributed by atoms with van der Waals surface area (Å²) >= 11 is 0. The maximum absolute atomic E-state index is 10.7. The third kappa shape index (κ3) is 3.49. The largest absolute Gasteiger partial charge is 0.399 e. The van der Waals surface area contributed by atoms with Gasteiger partial charge in [0.25, 0.3) is 0 Å². The second-order valence-electron chi connectivity index (χ2n) is 2.20. The maximum atomic E-state index is 10.7. The average Bonchev–Trinajstić information content (AvgIpc) is 2.17. The molecule has 0 fully saturated rings. The fourth-order valence-electron chi connectivity index (χ4n) is 0.672. The number of hydrogen-bond acceptors (Lipinski definition) is 5. The molecule has 0 amide bonds. The SMILES string of the molecule is COS(=O)(=O)OCc1cccnc1. The summed E-state index contributed by atoms with van der Waals surface area (Å²) in [6.07, 6.45) is 3.11. The van der Waals surface area contributed by atoms with Crippen LogP contribution in [0.4, 0.5) is 0 Å². The first kappa shape index (κ1) is 10.1. The molecule has 6 heteroatoms. The molecule has 13 heavy (non-hydrogen) atoms. The molecule has 0 atom stereocenters. The van der Waals surface area contributed by atoms with Crippen molar-refractivity contribution >= 4 is 10.4 Å². The Balaban J connectivity index is 2.54. The molecule has 0 aliphatic heterocycles. The molecule has 0 spiro atoms. The van der Waals surface area contributed by atoms with Gasteiger partial charge in [-0.25, -0.2) is 4.18 Å². The van der Waals surface area contributed by atoms with Crippen molar-refractivity contribution in [3.63, 3.8) is 0 Å². The first-order valence-electron chi connectivity index (χ1n) is 3.48. The second-order valence-corrected chi connectivity index (χ2v) is 3.58. The van der Waals surface area contributed by atoms with Crippen molar-refractivity contribution in [3.8, 4) is 0 Å². The summed E-state index contributed by atoms with van der Waals surface area (Å²) in [4.78, 5) is 3.80. The Morgan fingerprint density at radius 3 is 2.85 bits per heavy atom. The highest BCUT2D eigenvalue weighted by Crippen LogP contribution is 2.02. The van der Waals surface area contributed by atoms with E-state index >= 15 is 0 Å². The van der Waals surface area contributed by atoms with Crippen LogP contribution in [0.2, 0.25) is 0 Å². The van der Waals surface area contributed by atoms with Gasteiger partial charge in [-0.3, -0.25) is 9.17 Å². The Hall–Kier alpha value is -0.980. The Kier molecular flexibility index (Phi) is 3.35. The fourth-order valence-corrected chi connectivity index (χ4v) is 1.05. The Bertz CT molecular complexity index is 348. The van der Waals surface area contributed by atoms with Crippen molar-refractivity contribution < 1.29 is 16.8 Å². The van der Waals surface area contributed by atoms with Crippen LogP contribution in [0.3, 0.4) is 0 Å². The van der Waals surface area contributed by atoms with E-state index < -0.39 is 10.4 Å². The van der Waals surface area contributed by atoms with Gasteiger partial charge in [0.15, 0.2) is 0 Å². The molecule has 1 aromatic rings. The van der Waals surface area contributed by atoms with Gasteiger partial charge in [0.2, 0.25) is 0 Å². The van der Waals surface area contributed by atoms with Crippen LogP contribution in [-0.4, -0.2) is 20.5 Å². The fraction of sp³-hybridized carbons (Fsp3) is 0.286. The van der Waals surface area contributed by atoms with Gasteiger partial charge >= 0.3 is 10.4 Å². The van der Waals surface area contributed by atoms with Crippen molar-refractivity contribution in [2.24, 2.45) is 0 Å². The molecular formula is C7H9NO4S. The molecule has 0 radical (unpaired) electrons. The summed E-state index contributed by atoms with van der Waals surface area (Å²) < 4.78 is 30.0. The van der Waals surface area contributed by atoms with Gasteiger partial charge in [0, 0.05) is 12.4 Å². The van der Waals surface area contributed by atoms with Crippen LogP contribution in [0.15, 0.2) is 24.5 Å². The summed E-state index contributed by atoms with van der Waals surface area (Å²) in [5.74, 6) is 0. The molecule has 0 aromatic carbocycles. The molecule has 0 bridgehead atoms. The molecule has 0 saturated heterocycles. The van der Waals surface area contributed by atoms with Crippen LogP contribution in [0, 0.1) is 0 Å². The average molecular weight is 203 g/mol. The molecule has 0 saturated carbocycles. The second kappa shape index (κ2) is 4.31. The van der Waals surface area contributed by atoms with Crippen molar-refractivity contribution in [3.05, 3.63) is 30.1 Å². The molecular weight excluding hydrogens is 194 g/mol. The van der Waals surface area contributed by atoms with E-state index in [1.54, 1.807) is 18.3 Å². The molecule has 0 N–H and O–H groups in total. The lowest BCUT2D eigenvalue weighted by atomic mass is 10.3. The molecule has 1 rings (SSSR count). The van der Waals surface area contributed by atoms with E-state index in [4.69, 9.17) is 0 Å². The van der Waals surface area contributed by atoms with E-state index in [-0.39, 0.29) is 6.61 Å². The van der Waals surface area contributed by atoms with Crippen molar-refractivity contribution in [2.75, 3.05) is 7.11 Å². The van der Waals surface area contributed by atoms with E-state index in [1.165, 1.54) is 6.20 Å². The Morgan fingerprint density at radius 2 is 2.31 bits per heavy atom. The smallest absolute Gasteiger partial charge is 0.264 e. The van der Waals surface area contributed by atoms with E-state index in [0.717, 1.165) is 7.11 Å². The van der Waals surface area contributed by atoms with E-state index in [2.05, 4.69) is 13.4 Å². The summed E-state index contributed by atoms with van der Waals surface area (Å²) in [6.45, 7) is -0.0655. The molecule has 1 aromatic heterocycles. The minimum Gasteiger partial charge on any atom is -0.264 e. The predicted octanol–water partition coefficient (Wildman–Crippen LogP) is 0.489. The lowest BCUT2D eigenvalue weighted by molar-refractivity contribution is 0.235. The third-order valence-corrected chi connectivity index (χ3v) is 2.11. The van der Waals surface area contributed by atoms with E-state index in [9.17, 15) is 8.42 Å². The quantitative estimate of drug-likeness (QED) is 0.712. The molecule has 0 aliphatic rings. The minimum atomic E-state index is -3.85. The maximum Gasteiger partial charge on any atom is 0.399 e. The van der Waals surface area contributed by atoms with Gasteiger partial charge in [-0.2, -0.15) is 8.42 Å². The first-order chi connectivity index (χ1) is 6.14. The van der Waals surface area contributed by atoms with Gasteiger partial charge in [-0.05, 0) is 11.6 Å². The molecule has 72 valence electrons. The highest BCUT2D eigenvalue weighted by atomic mass is 32.3. The summed E-state index contributed by atoms with van der Waals surface area (Å²) in [6, 6.07) is 3.40. The zero-order valence-corrected chi connectivity index (χ0v) is 7.82. The minimum absolute atomic E-state index is 0.0655. The number of hydrogen-bond donors (Lipinski definition) is 0. The van der Waals surface area contributed by atoms with Gasteiger partial charge < -0.3 is 0 Å². The standard InChI is InChI=1S/C7H9NO4S/c1-11-13(9,10)12-6-7-3-2-4-8-5-7/h2-5H,6H2,1H3. The summed E-state index contributed by atoms with van der Waals surface area (Å²) in [5, 5.41) is 0. The predicted molar refractivity (Wildman–Crippen MR) is 45.0 cm³/mol. The zero-order valence-electron chi connectivity index (χ0n) is 7.00. The highest BCUT2D eigenvalue weighted by Gasteiger charge is 2.08. The first-order valence-corrected chi connectivity index (χ1v) is 4.81. The zero-order chi connectivity index (χ0) is 9.73.